The van der Waals surface area contributed by atoms with Gasteiger partial charge in [-0.25, -0.2) is 23.7 Å². The standard InChI is InChI=1S/C31H35F2N7O2/c1-18(2)40-19(3)35-30-24(32)12-20(13-27(30)40)29-25(33)15-34-31(37-29)36-21-4-5-26-28(14-21)42-17-23-16-38(8-9-39(23)26)22-6-10-41-11-7-22/h4-5,12-15,18,22-23H,6-11,16-17H2,1-3H3,(H,34,36,37)/t23-/m0/s1. The van der Waals surface area contributed by atoms with Crippen molar-refractivity contribution in [2.24, 2.45) is 0 Å². The third kappa shape index (κ3) is 4.84. The minimum Gasteiger partial charge on any atom is -0.489 e. The van der Waals surface area contributed by atoms with Crippen LogP contribution in [0.2, 0.25) is 0 Å². The van der Waals surface area contributed by atoms with Crippen molar-refractivity contribution < 1.29 is 18.3 Å². The van der Waals surface area contributed by atoms with E-state index in [4.69, 9.17) is 9.47 Å². The molecular weight excluding hydrogens is 540 g/mol. The van der Waals surface area contributed by atoms with Gasteiger partial charge in [0.15, 0.2) is 11.6 Å². The number of nitrogens with zero attached hydrogens (tertiary/aromatic N) is 6. The van der Waals surface area contributed by atoms with Crippen LogP contribution >= 0.6 is 0 Å². The van der Waals surface area contributed by atoms with Gasteiger partial charge < -0.3 is 24.3 Å². The third-order valence-corrected chi connectivity index (χ3v) is 8.64. The van der Waals surface area contributed by atoms with Gasteiger partial charge in [0.25, 0.3) is 0 Å². The Labute approximate surface area is 243 Å². The zero-order chi connectivity index (χ0) is 29.0. The summed E-state index contributed by atoms with van der Waals surface area (Å²) in [5.41, 5.74) is 3.00. The second-order valence-corrected chi connectivity index (χ2v) is 11.6. The molecule has 3 aliphatic heterocycles. The Morgan fingerprint density at radius 3 is 2.64 bits per heavy atom. The molecule has 0 saturated carbocycles. The Morgan fingerprint density at radius 1 is 1.00 bits per heavy atom. The van der Waals surface area contributed by atoms with E-state index in [1.807, 2.05) is 37.5 Å². The monoisotopic (exact) mass is 575 g/mol. The number of benzene rings is 2. The summed E-state index contributed by atoms with van der Waals surface area (Å²) in [5.74, 6) is 0.549. The first-order valence-corrected chi connectivity index (χ1v) is 14.7. The highest BCUT2D eigenvalue weighted by molar-refractivity contribution is 5.83. The van der Waals surface area contributed by atoms with E-state index in [0.717, 1.165) is 69.0 Å². The molecule has 0 amide bonds. The van der Waals surface area contributed by atoms with Crippen LogP contribution in [-0.2, 0) is 4.74 Å². The maximum absolute atomic E-state index is 15.1. The summed E-state index contributed by atoms with van der Waals surface area (Å²) >= 11 is 0. The molecule has 9 nitrogen and oxygen atoms in total. The first kappa shape index (κ1) is 27.0. The van der Waals surface area contributed by atoms with E-state index in [0.29, 0.717) is 35.6 Å². The van der Waals surface area contributed by atoms with E-state index in [9.17, 15) is 4.39 Å². The molecule has 0 bridgehead atoms. The molecule has 0 radical (unpaired) electrons. The third-order valence-electron chi connectivity index (χ3n) is 8.64. The molecule has 220 valence electrons. The number of fused-ring (bicyclic) bond motifs is 4. The van der Waals surface area contributed by atoms with Crippen molar-refractivity contribution in [2.75, 3.05) is 49.7 Å². The quantitative estimate of drug-likeness (QED) is 0.336. The Hall–Kier alpha value is -3.83. The SMILES string of the molecule is Cc1nc2c(F)cc(-c3nc(Nc4ccc5c(c4)OC[C@@H]4CN(C6CCOCC6)CCN54)ncc3F)cc2n1C(C)C. The molecule has 0 spiro atoms. The van der Waals surface area contributed by atoms with Gasteiger partial charge >= 0.3 is 0 Å². The molecule has 2 fully saturated rings. The van der Waals surface area contributed by atoms with Gasteiger partial charge in [-0.2, -0.15) is 0 Å². The van der Waals surface area contributed by atoms with Gasteiger partial charge in [0.05, 0.1) is 23.4 Å². The average molecular weight is 576 g/mol. The number of aromatic nitrogens is 4. The van der Waals surface area contributed by atoms with Crippen LogP contribution in [0.25, 0.3) is 22.3 Å². The Balaban J connectivity index is 1.12. The molecule has 11 heteroatoms. The molecular formula is C31H35F2N7O2. The minimum absolute atomic E-state index is 0.0157. The Bertz CT molecular complexity index is 1640. The van der Waals surface area contributed by atoms with E-state index in [1.165, 1.54) is 6.07 Å². The fourth-order valence-corrected chi connectivity index (χ4v) is 6.67. The van der Waals surface area contributed by atoms with Crippen LogP contribution in [0.3, 0.4) is 0 Å². The molecule has 4 aromatic rings. The fourth-order valence-electron chi connectivity index (χ4n) is 6.67. The highest BCUT2D eigenvalue weighted by atomic mass is 19.1. The summed E-state index contributed by atoms with van der Waals surface area (Å²) in [6.07, 6.45) is 3.30. The number of hydrogen-bond donors (Lipinski definition) is 1. The number of aryl methyl sites for hydroxylation is 1. The van der Waals surface area contributed by atoms with Crippen LogP contribution in [0, 0.1) is 18.6 Å². The second kappa shape index (κ2) is 10.8. The summed E-state index contributed by atoms with van der Waals surface area (Å²) in [5, 5.41) is 3.18. The van der Waals surface area contributed by atoms with Crippen molar-refractivity contribution >= 4 is 28.4 Å². The summed E-state index contributed by atoms with van der Waals surface area (Å²) in [6, 6.07) is 9.92. The van der Waals surface area contributed by atoms with Gasteiger partial charge in [0.2, 0.25) is 5.95 Å². The molecule has 0 aliphatic carbocycles. The molecule has 42 heavy (non-hydrogen) atoms. The number of hydrogen-bond acceptors (Lipinski definition) is 8. The molecule has 1 atom stereocenters. The van der Waals surface area contributed by atoms with Gasteiger partial charge in [0.1, 0.15) is 29.4 Å². The van der Waals surface area contributed by atoms with E-state index in [1.54, 1.807) is 6.07 Å². The molecule has 7 rings (SSSR count). The summed E-state index contributed by atoms with van der Waals surface area (Å²) in [6.45, 7) is 11.1. The lowest BCUT2D eigenvalue weighted by Gasteiger charge is -2.48. The normalized spacial score (nSPS) is 19.6. The smallest absolute Gasteiger partial charge is 0.227 e. The number of halogens is 2. The maximum Gasteiger partial charge on any atom is 0.227 e. The van der Waals surface area contributed by atoms with E-state index < -0.39 is 11.6 Å². The van der Waals surface area contributed by atoms with E-state index >= 15 is 4.39 Å². The number of ether oxygens (including phenoxy) is 2. The molecule has 3 aliphatic rings. The van der Waals surface area contributed by atoms with Crippen molar-refractivity contribution in [3.63, 3.8) is 0 Å². The minimum atomic E-state index is -0.633. The first-order valence-electron chi connectivity index (χ1n) is 14.7. The Morgan fingerprint density at radius 2 is 1.83 bits per heavy atom. The van der Waals surface area contributed by atoms with Crippen molar-refractivity contribution in [3.05, 3.63) is 54.0 Å². The lowest BCUT2D eigenvalue weighted by Crippen LogP contribution is -2.59. The molecule has 2 aromatic heterocycles. The van der Waals surface area contributed by atoms with Crippen LogP contribution < -0.4 is 15.0 Å². The molecule has 0 unspecified atom stereocenters. The van der Waals surface area contributed by atoms with Crippen molar-refractivity contribution in [3.8, 4) is 17.0 Å². The predicted octanol–water partition coefficient (Wildman–Crippen LogP) is 5.47. The molecule has 5 heterocycles. The van der Waals surface area contributed by atoms with Gasteiger partial charge in [-0.3, -0.25) is 4.90 Å². The predicted molar refractivity (Wildman–Crippen MR) is 158 cm³/mol. The molecule has 2 aromatic carbocycles. The van der Waals surface area contributed by atoms with E-state index in [-0.39, 0.29) is 23.2 Å². The Kier molecular flexibility index (Phi) is 6.94. The fraction of sp³-hybridized carbons (Fsp3) is 0.452. The van der Waals surface area contributed by atoms with E-state index in [2.05, 4.69) is 36.1 Å². The highest BCUT2D eigenvalue weighted by Gasteiger charge is 2.35. The van der Waals surface area contributed by atoms with Crippen molar-refractivity contribution in [2.45, 2.75) is 51.7 Å². The van der Waals surface area contributed by atoms with Crippen molar-refractivity contribution in [1.29, 1.82) is 0 Å². The number of imidazole rings is 1. The first-order chi connectivity index (χ1) is 20.4. The lowest BCUT2D eigenvalue weighted by atomic mass is 10.0. The molecule has 2 saturated heterocycles. The number of rotatable bonds is 5. The lowest BCUT2D eigenvalue weighted by molar-refractivity contribution is 0.0231. The maximum atomic E-state index is 15.1. The number of nitrogens with one attached hydrogen (secondary N) is 1. The largest absolute Gasteiger partial charge is 0.489 e. The topological polar surface area (TPSA) is 80.6 Å². The second-order valence-electron chi connectivity index (χ2n) is 11.6. The number of anilines is 3. The van der Waals surface area contributed by atoms with Gasteiger partial charge in [-0.1, -0.05) is 0 Å². The number of piperazine rings is 1. The van der Waals surface area contributed by atoms with Crippen LogP contribution in [0.5, 0.6) is 5.75 Å². The van der Waals surface area contributed by atoms with Crippen LogP contribution in [0.15, 0.2) is 36.5 Å². The van der Waals surface area contributed by atoms with Crippen LogP contribution in [0.1, 0.15) is 38.6 Å². The highest BCUT2D eigenvalue weighted by Crippen LogP contribution is 2.38. The van der Waals surface area contributed by atoms with Crippen molar-refractivity contribution in [1.82, 2.24) is 24.4 Å². The summed E-state index contributed by atoms with van der Waals surface area (Å²) < 4.78 is 43.8. The molecule has 1 N–H and O–H groups in total. The zero-order valence-electron chi connectivity index (χ0n) is 24.1. The zero-order valence-corrected chi connectivity index (χ0v) is 24.1. The van der Waals surface area contributed by atoms with Gasteiger partial charge in [-0.05, 0) is 57.9 Å². The van der Waals surface area contributed by atoms with Crippen LogP contribution in [-0.4, -0.2) is 76.0 Å². The van der Waals surface area contributed by atoms with Gasteiger partial charge in [-0.15, -0.1) is 0 Å². The summed E-state index contributed by atoms with van der Waals surface area (Å²) in [7, 11) is 0. The van der Waals surface area contributed by atoms with Crippen LogP contribution in [0.4, 0.5) is 26.1 Å². The average Bonchev–Trinajstić information content (AvgIpc) is 3.34. The summed E-state index contributed by atoms with van der Waals surface area (Å²) in [4.78, 5) is 18.0. The van der Waals surface area contributed by atoms with Gasteiger partial charge in [0, 0.05) is 62.2 Å².